The maximum absolute atomic E-state index is 12.0. The van der Waals surface area contributed by atoms with Crippen LogP contribution in [-0.2, 0) is 22.6 Å². The molecule has 0 fully saturated rings. The molecule has 23 heavy (non-hydrogen) atoms. The molecule has 1 aliphatic heterocycles. The molecule has 2 amide bonds. The predicted molar refractivity (Wildman–Crippen MR) is 87.0 cm³/mol. The largest absolute Gasteiger partial charge is 0.362 e. The van der Waals surface area contributed by atoms with E-state index in [0.717, 1.165) is 30.0 Å². The van der Waals surface area contributed by atoms with Crippen LogP contribution in [0.4, 0.5) is 5.82 Å². The molecule has 1 aromatic rings. The average Bonchev–Trinajstić information content (AvgIpc) is 2.50. The van der Waals surface area contributed by atoms with E-state index in [2.05, 4.69) is 25.5 Å². The fourth-order valence-corrected chi connectivity index (χ4v) is 2.60. The van der Waals surface area contributed by atoms with E-state index in [1.807, 2.05) is 19.0 Å². The first kappa shape index (κ1) is 17.1. The molecular weight excluding hydrogens is 296 g/mol. The molecule has 0 saturated carbocycles. The van der Waals surface area contributed by atoms with Gasteiger partial charge in [0.05, 0.1) is 12.2 Å². The fourth-order valence-electron chi connectivity index (χ4n) is 2.60. The highest BCUT2D eigenvalue weighted by atomic mass is 16.2. The monoisotopic (exact) mass is 320 g/mol. The lowest BCUT2D eigenvalue weighted by Crippen LogP contribution is -2.42. The van der Waals surface area contributed by atoms with Crippen LogP contribution in [0.15, 0.2) is 6.33 Å². The summed E-state index contributed by atoms with van der Waals surface area (Å²) in [6, 6.07) is 0. The Hall–Kier alpha value is -2.22. The zero-order valence-electron chi connectivity index (χ0n) is 13.9. The van der Waals surface area contributed by atoms with Gasteiger partial charge < -0.3 is 15.5 Å². The van der Waals surface area contributed by atoms with Crippen molar-refractivity contribution in [1.82, 2.24) is 25.5 Å². The van der Waals surface area contributed by atoms with Crippen LogP contribution in [-0.4, -0.2) is 67.0 Å². The number of amides is 2. The van der Waals surface area contributed by atoms with E-state index in [0.29, 0.717) is 26.2 Å². The molecule has 0 aliphatic carbocycles. The highest BCUT2D eigenvalue weighted by Crippen LogP contribution is 2.24. The van der Waals surface area contributed by atoms with E-state index < -0.39 is 0 Å². The minimum absolute atomic E-state index is 0.0398. The number of nitrogens with one attached hydrogen (secondary N) is 2. The van der Waals surface area contributed by atoms with E-state index in [1.54, 1.807) is 6.33 Å². The Morgan fingerprint density at radius 1 is 1.26 bits per heavy atom. The number of fused-ring (bicyclic) bond motifs is 1. The standard InChI is InChI=1S/C15H24N6O2/c1-11(22)16-5-6-17-14(23)9-21-7-4-13-12(8-21)15(20(2)3)19-10-18-13/h10H,4-9H2,1-3H3,(H,16,22)(H,17,23). The third-order valence-electron chi connectivity index (χ3n) is 3.67. The normalized spacial score (nSPS) is 14.0. The van der Waals surface area contributed by atoms with Crippen molar-refractivity contribution in [2.45, 2.75) is 19.9 Å². The van der Waals surface area contributed by atoms with Crippen LogP contribution in [0, 0.1) is 0 Å². The number of carbonyl (C=O) groups excluding carboxylic acids is 2. The van der Waals surface area contributed by atoms with Crippen LogP contribution in [0.5, 0.6) is 0 Å². The maximum atomic E-state index is 12.0. The second-order valence-corrected chi connectivity index (χ2v) is 5.81. The number of hydrogen-bond acceptors (Lipinski definition) is 6. The molecule has 0 atom stereocenters. The Balaban J connectivity index is 1.87. The lowest BCUT2D eigenvalue weighted by atomic mass is 10.1. The van der Waals surface area contributed by atoms with Crippen LogP contribution in [0.25, 0.3) is 0 Å². The third kappa shape index (κ3) is 4.88. The second-order valence-electron chi connectivity index (χ2n) is 5.81. The minimum Gasteiger partial charge on any atom is -0.362 e. The molecule has 8 nitrogen and oxygen atoms in total. The van der Waals surface area contributed by atoms with Gasteiger partial charge in [0.1, 0.15) is 12.1 Å². The van der Waals surface area contributed by atoms with Crippen molar-refractivity contribution in [2.24, 2.45) is 0 Å². The summed E-state index contributed by atoms with van der Waals surface area (Å²) in [5, 5.41) is 5.46. The third-order valence-corrected chi connectivity index (χ3v) is 3.67. The van der Waals surface area contributed by atoms with Gasteiger partial charge in [-0.15, -0.1) is 0 Å². The molecule has 0 saturated heterocycles. The van der Waals surface area contributed by atoms with Crippen LogP contribution >= 0.6 is 0 Å². The van der Waals surface area contributed by atoms with E-state index in [1.165, 1.54) is 6.92 Å². The molecule has 0 unspecified atom stereocenters. The van der Waals surface area contributed by atoms with Crippen molar-refractivity contribution < 1.29 is 9.59 Å². The van der Waals surface area contributed by atoms with Crippen LogP contribution in [0.3, 0.4) is 0 Å². The molecule has 0 aromatic carbocycles. The molecule has 2 rings (SSSR count). The number of anilines is 1. The zero-order valence-corrected chi connectivity index (χ0v) is 13.9. The molecule has 0 bridgehead atoms. The number of nitrogens with zero attached hydrogens (tertiary/aromatic N) is 4. The second kappa shape index (κ2) is 7.87. The van der Waals surface area contributed by atoms with Crippen LogP contribution in [0.1, 0.15) is 18.2 Å². The zero-order chi connectivity index (χ0) is 16.8. The SMILES string of the molecule is CC(=O)NCCNC(=O)CN1CCc2ncnc(N(C)C)c2C1. The summed E-state index contributed by atoms with van der Waals surface area (Å²) < 4.78 is 0. The Morgan fingerprint density at radius 2 is 2.00 bits per heavy atom. The van der Waals surface area contributed by atoms with E-state index in [4.69, 9.17) is 0 Å². The summed E-state index contributed by atoms with van der Waals surface area (Å²) in [6.07, 6.45) is 2.41. The molecule has 2 heterocycles. The predicted octanol–water partition coefficient (Wildman–Crippen LogP) is -0.847. The lowest BCUT2D eigenvalue weighted by molar-refractivity contribution is -0.123. The summed E-state index contributed by atoms with van der Waals surface area (Å²) in [6.45, 7) is 4.15. The van der Waals surface area contributed by atoms with Crippen molar-refractivity contribution in [1.29, 1.82) is 0 Å². The number of rotatable bonds is 6. The Bertz CT molecular complexity index is 575. The van der Waals surface area contributed by atoms with Gasteiger partial charge in [-0.25, -0.2) is 9.97 Å². The van der Waals surface area contributed by atoms with Crippen molar-refractivity contribution in [3.8, 4) is 0 Å². The van der Waals surface area contributed by atoms with Gasteiger partial charge in [0.25, 0.3) is 0 Å². The summed E-state index contributed by atoms with van der Waals surface area (Å²) in [5.74, 6) is 0.774. The number of aromatic nitrogens is 2. The summed E-state index contributed by atoms with van der Waals surface area (Å²) in [7, 11) is 3.91. The van der Waals surface area contributed by atoms with Gasteiger partial charge in [-0.05, 0) is 0 Å². The lowest BCUT2D eigenvalue weighted by Gasteiger charge is -2.29. The molecule has 0 radical (unpaired) electrons. The van der Waals surface area contributed by atoms with Gasteiger partial charge in [0, 0.05) is 59.2 Å². The van der Waals surface area contributed by atoms with Gasteiger partial charge in [-0.2, -0.15) is 0 Å². The molecule has 1 aliphatic rings. The first-order valence-corrected chi connectivity index (χ1v) is 7.71. The van der Waals surface area contributed by atoms with Crippen molar-refractivity contribution in [2.75, 3.05) is 45.2 Å². The molecular formula is C15H24N6O2. The average molecular weight is 320 g/mol. The van der Waals surface area contributed by atoms with Crippen molar-refractivity contribution in [3.05, 3.63) is 17.6 Å². The van der Waals surface area contributed by atoms with Gasteiger partial charge in [-0.3, -0.25) is 14.5 Å². The van der Waals surface area contributed by atoms with E-state index in [-0.39, 0.29) is 11.8 Å². The molecule has 8 heteroatoms. The Kier molecular flexibility index (Phi) is 5.86. The Labute approximate surface area is 136 Å². The highest BCUT2D eigenvalue weighted by Gasteiger charge is 2.23. The quantitative estimate of drug-likeness (QED) is 0.664. The molecule has 0 spiro atoms. The summed E-state index contributed by atoms with van der Waals surface area (Å²) in [4.78, 5) is 35.5. The van der Waals surface area contributed by atoms with Crippen molar-refractivity contribution in [3.63, 3.8) is 0 Å². The van der Waals surface area contributed by atoms with E-state index >= 15 is 0 Å². The van der Waals surface area contributed by atoms with Crippen LogP contribution < -0.4 is 15.5 Å². The Morgan fingerprint density at radius 3 is 2.70 bits per heavy atom. The molecule has 1 aromatic heterocycles. The summed E-state index contributed by atoms with van der Waals surface area (Å²) in [5.41, 5.74) is 2.15. The smallest absolute Gasteiger partial charge is 0.234 e. The topological polar surface area (TPSA) is 90.5 Å². The maximum Gasteiger partial charge on any atom is 0.234 e. The molecule has 2 N–H and O–H groups in total. The van der Waals surface area contributed by atoms with Crippen LogP contribution in [0.2, 0.25) is 0 Å². The van der Waals surface area contributed by atoms with Gasteiger partial charge in [-0.1, -0.05) is 0 Å². The fraction of sp³-hybridized carbons (Fsp3) is 0.600. The minimum atomic E-state index is -0.0944. The first-order chi connectivity index (χ1) is 11.0. The number of hydrogen-bond donors (Lipinski definition) is 2. The van der Waals surface area contributed by atoms with E-state index in [9.17, 15) is 9.59 Å². The van der Waals surface area contributed by atoms with Gasteiger partial charge in [0.2, 0.25) is 11.8 Å². The first-order valence-electron chi connectivity index (χ1n) is 7.71. The number of carbonyl (C=O) groups is 2. The van der Waals surface area contributed by atoms with Gasteiger partial charge in [0.15, 0.2) is 0 Å². The highest BCUT2D eigenvalue weighted by molar-refractivity contribution is 5.78. The van der Waals surface area contributed by atoms with Crippen molar-refractivity contribution >= 4 is 17.6 Å². The van der Waals surface area contributed by atoms with Gasteiger partial charge >= 0.3 is 0 Å². The molecule has 126 valence electrons. The summed E-state index contributed by atoms with van der Waals surface area (Å²) >= 11 is 0.